The van der Waals surface area contributed by atoms with Gasteiger partial charge in [-0.2, -0.15) is 80.8 Å². The van der Waals surface area contributed by atoms with Crippen LogP contribution in [0.4, 0.5) is 100 Å². The maximum Gasteiger partial charge on any atom is 0.457 e. The third-order valence-corrected chi connectivity index (χ3v) is 9.85. The van der Waals surface area contributed by atoms with E-state index in [0.29, 0.717) is 6.07 Å². The Morgan fingerprint density at radius 1 is 0.549 bits per heavy atom. The van der Waals surface area contributed by atoms with Crippen LogP contribution >= 0.6 is 0 Å². The van der Waals surface area contributed by atoms with Gasteiger partial charge < -0.3 is 32.0 Å². The van der Waals surface area contributed by atoms with Crippen LogP contribution in [-0.4, -0.2) is 62.6 Å². The van der Waals surface area contributed by atoms with Crippen LogP contribution in [0.15, 0.2) is 60.7 Å². The Morgan fingerprint density at radius 3 is 1.17 bits per heavy atom. The first-order valence-corrected chi connectivity index (χ1v) is 18.6. The van der Waals surface area contributed by atoms with Crippen LogP contribution < -0.4 is 22.5 Å². The van der Waals surface area contributed by atoms with E-state index in [2.05, 4.69) is 10.6 Å². The van der Waals surface area contributed by atoms with Crippen LogP contribution in [0.3, 0.4) is 0 Å². The van der Waals surface area contributed by atoms with Gasteiger partial charge in [0.25, 0.3) is 11.8 Å². The lowest BCUT2D eigenvalue weighted by Gasteiger charge is -2.36. The fraction of sp³-hybridized carbons (Fsp3) is 0.333. The van der Waals surface area contributed by atoms with Gasteiger partial charge in [0.2, 0.25) is 0 Å². The van der Waals surface area contributed by atoms with Crippen molar-refractivity contribution in [3.8, 4) is 12.1 Å². The lowest BCUT2D eigenvalue weighted by molar-refractivity contribution is -0.389. The van der Waals surface area contributed by atoms with Crippen LogP contribution in [0.5, 0.6) is 0 Å². The van der Waals surface area contributed by atoms with Gasteiger partial charge in [-0.05, 0) is 73.5 Å². The number of anilines is 3. The molecular weight excluding hydrogens is 1010 g/mol. The molecule has 0 aliphatic heterocycles. The molecule has 4 aromatic carbocycles. The van der Waals surface area contributed by atoms with Crippen LogP contribution in [-0.2, 0) is 34.0 Å². The molecule has 0 aromatic heterocycles. The van der Waals surface area contributed by atoms with Crippen LogP contribution in [0.25, 0.3) is 0 Å². The predicted octanol–water partition coefficient (Wildman–Crippen LogP) is 12.3. The number of carbonyl (C=O) groups excluding carboxylic acids is 2. The number of nitrogens with two attached hydrogens (primary N) is 1. The van der Waals surface area contributed by atoms with Crippen molar-refractivity contribution in [2.75, 3.05) is 30.6 Å². The normalized spacial score (nSPS) is 14.0. The Bertz CT molecular complexity index is 2530. The first kappa shape index (κ1) is 60.3. The van der Waals surface area contributed by atoms with E-state index in [0.717, 1.165) is 46.3 Å². The van der Waals surface area contributed by atoms with Crippen molar-refractivity contribution in [1.29, 1.82) is 10.5 Å². The number of alkyl halides is 18. The number of nitrogen functional groups attached to an aromatic ring is 1. The minimum Gasteiger partial charge on any atom is -0.398 e. The quantitative estimate of drug-likeness (QED) is 0.0797. The average molecular weight is 1050 g/mol. The largest absolute Gasteiger partial charge is 0.457 e. The molecule has 7 N–H and O–H groups in total. The van der Waals surface area contributed by atoms with E-state index in [9.17, 15) is 93.0 Å². The van der Waals surface area contributed by atoms with Crippen molar-refractivity contribution in [2.24, 2.45) is 0 Å². The van der Waals surface area contributed by atoms with Gasteiger partial charge in [0.05, 0.1) is 30.0 Å². The third kappa shape index (κ3) is 11.5. The maximum atomic E-state index is 14.9. The second-order valence-corrected chi connectivity index (χ2v) is 14.6. The number of nitriles is 2. The van der Waals surface area contributed by atoms with E-state index < -0.39 is 123 Å². The summed E-state index contributed by atoms with van der Waals surface area (Å²) in [7, 11) is 2.01. The van der Waals surface area contributed by atoms with Crippen molar-refractivity contribution in [2.45, 2.75) is 74.9 Å². The zero-order chi connectivity index (χ0) is 54.0. The molecular formula is C42H33F19N6O4. The molecule has 71 heavy (non-hydrogen) atoms. The molecule has 0 saturated heterocycles. The zero-order valence-electron chi connectivity index (χ0n) is 36.2. The zero-order valence-corrected chi connectivity index (χ0v) is 36.2. The SMILES string of the molecule is COCc1cc(C(F)(C(F)(F)F)C(F)(F)C(F)(F)F)cc(C)c1NC(=O)c1ccc(C#N)c(F)c1.COCc1cc(C(F)(C(F)(F)F)C(F)(F)C(F)(F)F)cc(C)c1NC(=O)c1ccc(C#N)c(N)c1.N. The Balaban J connectivity index is 0.000000480. The molecule has 29 heteroatoms. The Morgan fingerprint density at radius 2 is 0.887 bits per heavy atom. The standard InChI is InChI=1S/C21H14F10N2O2.C21H16F9N3O2.H3N/c1-10-5-14(18(23,20(26,27)28)19(24,25)21(29,30)31)6-13(9-35-2)16(10)33-17(34)11-3-4-12(8-32)15(22)7-11;1-10-5-14(18(22,20(25,26)27)19(23,24)21(28,29)30)6-13(9-35-2)16(10)33-17(34)11-3-4-12(8-31)15(32)7-11;/h3-7H,9H2,1-2H3,(H,33,34);3-7H,9,32H2,1-2H3,(H,33,34);1H3. The fourth-order valence-electron chi connectivity index (χ4n) is 6.38. The number of aryl methyl sites for hydroxylation is 2. The van der Waals surface area contributed by atoms with E-state index >= 15 is 0 Å². The Labute approximate surface area is 387 Å². The van der Waals surface area contributed by atoms with E-state index in [-0.39, 0.29) is 58.5 Å². The predicted molar refractivity (Wildman–Crippen MR) is 211 cm³/mol. The van der Waals surface area contributed by atoms with E-state index in [1.54, 1.807) is 6.07 Å². The lowest BCUT2D eigenvalue weighted by atomic mass is 9.85. The second kappa shape index (κ2) is 21.2. The number of halogens is 19. The van der Waals surface area contributed by atoms with Gasteiger partial charge in [-0.15, -0.1) is 0 Å². The number of ether oxygens (including phenoxy) is 2. The smallest absolute Gasteiger partial charge is 0.398 e. The molecule has 2 amide bonds. The number of hydrogen-bond donors (Lipinski definition) is 4. The first-order chi connectivity index (χ1) is 31.8. The molecule has 4 rings (SSSR count). The van der Waals surface area contributed by atoms with Crippen LogP contribution in [0, 0.1) is 42.3 Å². The molecule has 2 atom stereocenters. The van der Waals surface area contributed by atoms with Gasteiger partial charge in [-0.1, -0.05) is 12.1 Å². The number of nitrogens with zero attached hydrogens (tertiary/aromatic N) is 2. The van der Waals surface area contributed by atoms with Gasteiger partial charge in [0, 0.05) is 59.0 Å². The number of hydrogen-bond acceptors (Lipinski definition) is 8. The minimum atomic E-state index is -6.90. The first-order valence-electron chi connectivity index (χ1n) is 18.6. The Hall–Kier alpha value is -6.85. The van der Waals surface area contributed by atoms with Gasteiger partial charge in [0.1, 0.15) is 18.0 Å². The summed E-state index contributed by atoms with van der Waals surface area (Å²) in [6.45, 7) is 0.455. The molecule has 0 saturated carbocycles. The van der Waals surface area contributed by atoms with Crippen molar-refractivity contribution < 1.29 is 102 Å². The summed E-state index contributed by atoms with van der Waals surface area (Å²) >= 11 is 0. The molecule has 0 fully saturated rings. The summed E-state index contributed by atoms with van der Waals surface area (Å²) in [4.78, 5) is 25.1. The molecule has 0 spiro atoms. The molecule has 2 unspecified atom stereocenters. The lowest BCUT2D eigenvalue weighted by Crippen LogP contribution is -2.59. The highest BCUT2D eigenvalue weighted by molar-refractivity contribution is 6.06. The number of rotatable bonds is 12. The molecule has 0 heterocycles. The minimum absolute atomic E-state index is 0. The number of carbonyl (C=O) groups is 2. The molecule has 10 nitrogen and oxygen atoms in total. The third-order valence-electron chi connectivity index (χ3n) is 9.85. The topological polar surface area (TPSA) is 185 Å². The molecule has 0 aliphatic carbocycles. The highest BCUT2D eigenvalue weighted by atomic mass is 19.4. The molecule has 4 aromatic rings. The average Bonchev–Trinajstić information content (AvgIpc) is 3.23. The highest BCUT2D eigenvalue weighted by Crippen LogP contribution is 2.60. The number of amides is 2. The Kier molecular flexibility index (Phi) is 18.0. The molecule has 0 aliphatic rings. The van der Waals surface area contributed by atoms with Crippen molar-refractivity contribution in [3.63, 3.8) is 0 Å². The molecule has 388 valence electrons. The number of benzene rings is 4. The fourth-order valence-corrected chi connectivity index (χ4v) is 6.38. The summed E-state index contributed by atoms with van der Waals surface area (Å²) in [5.41, 5.74) is -14.5. The second-order valence-electron chi connectivity index (χ2n) is 14.6. The van der Waals surface area contributed by atoms with Gasteiger partial charge in [-0.25, -0.2) is 13.2 Å². The highest BCUT2D eigenvalue weighted by Gasteiger charge is 2.83. The molecule has 0 radical (unpaired) electrons. The van der Waals surface area contributed by atoms with E-state index in [1.165, 1.54) is 18.2 Å². The van der Waals surface area contributed by atoms with Crippen LogP contribution in [0.1, 0.15) is 65.2 Å². The maximum absolute atomic E-state index is 14.9. The van der Waals surface area contributed by atoms with E-state index in [1.807, 2.05) is 0 Å². The summed E-state index contributed by atoms with van der Waals surface area (Å²) in [6, 6.07) is 9.81. The summed E-state index contributed by atoms with van der Waals surface area (Å²) in [5, 5.41) is 22.0. The van der Waals surface area contributed by atoms with Gasteiger partial charge >= 0.3 is 47.9 Å². The van der Waals surface area contributed by atoms with Crippen molar-refractivity contribution in [3.05, 3.63) is 122 Å². The summed E-state index contributed by atoms with van der Waals surface area (Å²) in [5.74, 6) is -16.8. The van der Waals surface area contributed by atoms with Crippen molar-refractivity contribution >= 4 is 28.9 Å². The van der Waals surface area contributed by atoms with E-state index in [4.69, 9.17) is 25.7 Å². The molecule has 0 bridgehead atoms. The number of methoxy groups -OCH3 is 2. The van der Waals surface area contributed by atoms with Gasteiger partial charge in [-0.3, -0.25) is 9.59 Å². The number of nitrogens with one attached hydrogen (secondary N) is 2. The summed E-state index contributed by atoms with van der Waals surface area (Å²) in [6.07, 6.45) is -27.2. The monoisotopic (exact) mass is 1050 g/mol. The summed E-state index contributed by atoms with van der Waals surface area (Å²) < 4.78 is 266. The van der Waals surface area contributed by atoms with Gasteiger partial charge in [0.15, 0.2) is 0 Å². The van der Waals surface area contributed by atoms with Crippen LogP contribution in [0.2, 0.25) is 0 Å². The van der Waals surface area contributed by atoms with Crippen molar-refractivity contribution in [1.82, 2.24) is 6.15 Å².